The van der Waals surface area contributed by atoms with Crippen molar-refractivity contribution in [1.82, 2.24) is 9.80 Å². The van der Waals surface area contributed by atoms with Crippen LogP contribution in [0, 0.1) is 10.1 Å². The van der Waals surface area contributed by atoms with Gasteiger partial charge in [-0.15, -0.1) is 0 Å². The van der Waals surface area contributed by atoms with Crippen molar-refractivity contribution in [2.24, 2.45) is 5.84 Å². The molecule has 2 fully saturated rings. The van der Waals surface area contributed by atoms with Gasteiger partial charge in [-0.05, 0) is 24.9 Å². The van der Waals surface area contributed by atoms with Crippen molar-refractivity contribution in [2.45, 2.75) is 25.4 Å². The van der Waals surface area contributed by atoms with Gasteiger partial charge < -0.3 is 5.43 Å². The molecule has 3 N–H and O–H groups in total. The molecule has 0 saturated carbocycles. The second-order valence-electron chi connectivity index (χ2n) is 5.78. The average molecular weight is 291 g/mol. The summed E-state index contributed by atoms with van der Waals surface area (Å²) < 4.78 is 0. The number of hydrazine groups is 1. The van der Waals surface area contributed by atoms with E-state index in [9.17, 15) is 10.1 Å². The second-order valence-corrected chi connectivity index (χ2v) is 5.78. The Morgan fingerprint density at radius 2 is 2.24 bits per heavy atom. The summed E-state index contributed by atoms with van der Waals surface area (Å²) in [4.78, 5) is 15.6. The molecule has 0 aromatic heterocycles. The molecule has 0 aliphatic carbocycles. The quantitative estimate of drug-likeness (QED) is 0.492. The molecular weight excluding hydrogens is 270 g/mol. The van der Waals surface area contributed by atoms with E-state index < -0.39 is 4.92 Å². The molecule has 2 saturated heterocycles. The highest BCUT2D eigenvalue weighted by atomic mass is 16.6. The summed E-state index contributed by atoms with van der Waals surface area (Å²) in [5, 5.41) is 11.1. The fourth-order valence-electron chi connectivity index (χ4n) is 3.48. The number of nitrogens with two attached hydrogens (primary N) is 1. The first-order valence-corrected chi connectivity index (χ1v) is 7.38. The molecule has 0 radical (unpaired) electrons. The van der Waals surface area contributed by atoms with E-state index in [0.717, 1.165) is 25.2 Å². The predicted molar refractivity (Wildman–Crippen MR) is 80.8 cm³/mol. The van der Waals surface area contributed by atoms with Gasteiger partial charge in [0.05, 0.1) is 4.92 Å². The zero-order chi connectivity index (χ0) is 14.8. The number of piperazine rings is 1. The van der Waals surface area contributed by atoms with Gasteiger partial charge in [0.25, 0.3) is 5.69 Å². The maximum atomic E-state index is 11.1. The number of nitro benzene ring substituents is 1. The third-order valence-electron chi connectivity index (χ3n) is 4.54. The highest BCUT2D eigenvalue weighted by Gasteiger charge is 2.31. The molecule has 2 aliphatic rings. The topological polar surface area (TPSA) is 87.7 Å². The molecule has 1 aromatic rings. The number of benzene rings is 1. The molecule has 21 heavy (non-hydrogen) atoms. The van der Waals surface area contributed by atoms with E-state index in [-0.39, 0.29) is 5.69 Å². The summed E-state index contributed by atoms with van der Waals surface area (Å²) in [6, 6.07) is 5.75. The Kier molecular flexibility index (Phi) is 4.05. The van der Waals surface area contributed by atoms with E-state index in [4.69, 9.17) is 5.84 Å². The number of anilines is 1. The van der Waals surface area contributed by atoms with E-state index in [1.54, 1.807) is 6.07 Å². The van der Waals surface area contributed by atoms with Crippen molar-refractivity contribution in [3.05, 3.63) is 33.9 Å². The number of rotatable bonds is 4. The van der Waals surface area contributed by atoms with E-state index in [2.05, 4.69) is 15.2 Å². The molecule has 2 heterocycles. The van der Waals surface area contributed by atoms with E-state index in [1.165, 1.54) is 25.5 Å². The van der Waals surface area contributed by atoms with Crippen molar-refractivity contribution in [2.75, 3.05) is 31.6 Å². The average Bonchev–Trinajstić information content (AvgIpc) is 2.94. The third kappa shape index (κ3) is 2.85. The molecule has 114 valence electrons. The standard InChI is InChI=1S/C14H21N5O2/c15-16-14-11(3-1-5-13(14)19(20)21)9-17-7-8-18-6-2-4-12(18)10-17/h1,3,5,12,16H,2,4,6-10,15H2. The van der Waals surface area contributed by atoms with Gasteiger partial charge in [-0.1, -0.05) is 12.1 Å². The zero-order valence-corrected chi connectivity index (χ0v) is 12.0. The number of fused-ring (bicyclic) bond motifs is 1. The molecular formula is C14H21N5O2. The molecule has 1 atom stereocenters. The first-order valence-electron chi connectivity index (χ1n) is 7.38. The van der Waals surface area contributed by atoms with E-state index in [1.807, 2.05) is 6.07 Å². The number of nitrogen functional groups attached to an aromatic ring is 1. The number of nitro groups is 1. The second kappa shape index (κ2) is 5.97. The fraction of sp³-hybridized carbons (Fsp3) is 0.571. The van der Waals surface area contributed by atoms with Crippen LogP contribution in [0.2, 0.25) is 0 Å². The lowest BCUT2D eigenvalue weighted by molar-refractivity contribution is -0.384. The Morgan fingerprint density at radius 3 is 3.00 bits per heavy atom. The minimum Gasteiger partial charge on any atom is -0.318 e. The predicted octanol–water partition coefficient (Wildman–Crippen LogP) is 1.16. The molecule has 7 nitrogen and oxygen atoms in total. The minimum absolute atomic E-state index is 0.0366. The van der Waals surface area contributed by atoms with Gasteiger partial charge in [0.1, 0.15) is 5.69 Å². The smallest absolute Gasteiger partial charge is 0.293 e. The van der Waals surface area contributed by atoms with Crippen molar-refractivity contribution in [3.8, 4) is 0 Å². The van der Waals surface area contributed by atoms with Gasteiger partial charge in [0.2, 0.25) is 0 Å². The number of para-hydroxylation sites is 1. The summed E-state index contributed by atoms with van der Waals surface area (Å²) in [5.74, 6) is 5.50. The van der Waals surface area contributed by atoms with Gasteiger partial charge >= 0.3 is 0 Å². The Hall–Kier alpha value is -1.70. The minimum atomic E-state index is -0.395. The monoisotopic (exact) mass is 291 g/mol. The van der Waals surface area contributed by atoms with Gasteiger partial charge in [0.15, 0.2) is 0 Å². The van der Waals surface area contributed by atoms with Crippen LogP contribution in [0.5, 0.6) is 0 Å². The van der Waals surface area contributed by atoms with Crippen LogP contribution < -0.4 is 11.3 Å². The van der Waals surface area contributed by atoms with Crippen LogP contribution in [0.4, 0.5) is 11.4 Å². The highest BCUT2D eigenvalue weighted by Crippen LogP contribution is 2.29. The number of hydrogen-bond acceptors (Lipinski definition) is 6. The Bertz CT molecular complexity index is 536. The lowest BCUT2D eigenvalue weighted by Crippen LogP contribution is -2.49. The highest BCUT2D eigenvalue weighted by molar-refractivity contribution is 5.65. The summed E-state index contributed by atoms with van der Waals surface area (Å²) in [6.07, 6.45) is 2.54. The molecule has 0 bridgehead atoms. The van der Waals surface area contributed by atoms with Crippen LogP contribution in [0.25, 0.3) is 0 Å². The molecule has 7 heteroatoms. The van der Waals surface area contributed by atoms with Crippen molar-refractivity contribution < 1.29 is 4.92 Å². The van der Waals surface area contributed by atoms with E-state index in [0.29, 0.717) is 18.3 Å². The van der Waals surface area contributed by atoms with Crippen LogP contribution >= 0.6 is 0 Å². The van der Waals surface area contributed by atoms with Crippen molar-refractivity contribution in [1.29, 1.82) is 0 Å². The summed E-state index contributed by atoms with van der Waals surface area (Å²) in [6.45, 7) is 5.04. The molecule has 2 aliphatic heterocycles. The molecule has 1 aromatic carbocycles. The molecule has 3 rings (SSSR count). The maximum Gasteiger partial charge on any atom is 0.293 e. The first kappa shape index (κ1) is 14.2. The number of hydrogen-bond donors (Lipinski definition) is 2. The Balaban J connectivity index is 1.75. The van der Waals surface area contributed by atoms with Crippen LogP contribution in [0.15, 0.2) is 18.2 Å². The summed E-state index contributed by atoms with van der Waals surface area (Å²) >= 11 is 0. The van der Waals surface area contributed by atoms with Gasteiger partial charge in [-0.25, -0.2) is 0 Å². The van der Waals surface area contributed by atoms with Crippen LogP contribution in [0.1, 0.15) is 18.4 Å². The summed E-state index contributed by atoms with van der Waals surface area (Å²) in [5.41, 5.74) is 3.85. The lowest BCUT2D eigenvalue weighted by atomic mass is 10.1. The lowest BCUT2D eigenvalue weighted by Gasteiger charge is -2.37. The van der Waals surface area contributed by atoms with Gasteiger partial charge in [-0.3, -0.25) is 25.8 Å². The first-order chi connectivity index (χ1) is 10.2. The molecule has 1 unspecified atom stereocenters. The zero-order valence-electron chi connectivity index (χ0n) is 12.0. The van der Waals surface area contributed by atoms with Crippen molar-refractivity contribution in [3.63, 3.8) is 0 Å². The summed E-state index contributed by atoms with van der Waals surface area (Å²) in [7, 11) is 0. The van der Waals surface area contributed by atoms with E-state index >= 15 is 0 Å². The SMILES string of the molecule is NNc1c(CN2CCN3CCCC3C2)cccc1[N+](=O)[O-]. The fourth-order valence-corrected chi connectivity index (χ4v) is 3.48. The van der Waals surface area contributed by atoms with Crippen molar-refractivity contribution >= 4 is 11.4 Å². The normalized spacial score (nSPS) is 23.0. The Labute approximate surface area is 123 Å². The maximum absolute atomic E-state index is 11.1. The number of nitrogens with one attached hydrogen (secondary N) is 1. The van der Waals surface area contributed by atoms with Crippen LogP contribution in [-0.4, -0.2) is 46.9 Å². The van der Waals surface area contributed by atoms with Crippen LogP contribution in [-0.2, 0) is 6.54 Å². The molecule has 0 spiro atoms. The largest absolute Gasteiger partial charge is 0.318 e. The number of nitrogens with zero attached hydrogens (tertiary/aromatic N) is 3. The van der Waals surface area contributed by atoms with Gasteiger partial charge in [-0.2, -0.15) is 0 Å². The molecule has 0 amide bonds. The third-order valence-corrected chi connectivity index (χ3v) is 4.54. The van der Waals surface area contributed by atoms with Gasteiger partial charge in [0, 0.05) is 38.3 Å². The van der Waals surface area contributed by atoms with Crippen LogP contribution in [0.3, 0.4) is 0 Å². The Morgan fingerprint density at radius 1 is 1.38 bits per heavy atom.